The number of nitrogens with one attached hydrogen (secondary N) is 1. The van der Waals surface area contributed by atoms with Gasteiger partial charge in [0, 0.05) is 31.6 Å². The van der Waals surface area contributed by atoms with Crippen LogP contribution in [-0.2, 0) is 16.6 Å². The van der Waals surface area contributed by atoms with Crippen molar-refractivity contribution in [3.63, 3.8) is 0 Å². The Morgan fingerprint density at radius 2 is 2.30 bits per heavy atom. The lowest BCUT2D eigenvalue weighted by atomic mass is 10.0. The van der Waals surface area contributed by atoms with Crippen LogP contribution in [-0.4, -0.2) is 35.8 Å². The Balaban J connectivity index is 1.94. The van der Waals surface area contributed by atoms with Gasteiger partial charge in [-0.2, -0.15) is 0 Å². The third-order valence-electron chi connectivity index (χ3n) is 4.15. The van der Waals surface area contributed by atoms with Crippen LogP contribution >= 0.6 is 0 Å². The van der Waals surface area contributed by atoms with Crippen molar-refractivity contribution in [2.45, 2.75) is 12.5 Å². The van der Waals surface area contributed by atoms with Gasteiger partial charge in [0.1, 0.15) is 17.6 Å². The highest BCUT2D eigenvalue weighted by atomic mass is 16.5. The van der Waals surface area contributed by atoms with Crippen molar-refractivity contribution in [2.75, 3.05) is 20.3 Å². The van der Waals surface area contributed by atoms with Gasteiger partial charge in [-0.15, -0.1) is 0 Å². The lowest BCUT2D eigenvalue weighted by molar-refractivity contribution is -0.125. The summed E-state index contributed by atoms with van der Waals surface area (Å²) in [7, 11) is 3.54. The predicted molar refractivity (Wildman–Crippen MR) is 85.1 cm³/mol. The van der Waals surface area contributed by atoms with Gasteiger partial charge in [-0.25, -0.2) is 4.98 Å². The van der Waals surface area contributed by atoms with E-state index in [1.807, 2.05) is 42.1 Å². The summed E-state index contributed by atoms with van der Waals surface area (Å²) in [6, 6.07) is 7.31. The predicted octanol–water partition coefficient (Wildman–Crippen LogP) is 1.67. The van der Waals surface area contributed by atoms with Gasteiger partial charge in [0.25, 0.3) is 0 Å². The molecule has 1 fully saturated rings. The largest absolute Gasteiger partial charge is 0.496 e. The fourth-order valence-corrected chi connectivity index (χ4v) is 2.84. The van der Waals surface area contributed by atoms with E-state index in [-0.39, 0.29) is 17.9 Å². The van der Waals surface area contributed by atoms with Crippen molar-refractivity contribution in [1.29, 1.82) is 0 Å². The van der Waals surface area contributed by atoms with Crippen LogP contribution < -0.4 is 10.1 Å². The van der Waals surface area contributed by atoms with E-state index in [1.54, 1.807) is 13.3 Å². The van der Waals surface area contributed by atoms with Crippen LogP contribution in [0.15, 0.2) is 36.7 Å². The zero-order valence-corrected chi connectivity index (χ0v) is 13.4. The van der Waals surface area contributed by atoms with Crippen LogP contribution in [0.1, 0.15) is 23.9 Å². The average Bonchev–Trinajstić information content (AvgIpc) is 3.24. The molecule has 1 aromatic carbocycles. The first kappa shape index (κ1) is 15.6. The second-order valence-electron chi connectivity index (χ2n) is 5.64. The first-order chi connectivity index (χ1) is 11.2. The minimum absolute atomic E-state index is 0.0126. The van der Waals surface area contributed by atoms with Crippen molar-refractivity contribution in [2.24, 2.45) is 13.0 Å². The third-order valence-corrected chi connectivity index (χ3v) is 4.15. The fraction of sp³-hybridized carbons (Fsp3) is 0.412. The van der Waals surface area contributed by atoms with Crippen LogP contribution in [0.4, 0.5) is 0 Å². The van der Waals surface area contributed by atoms with Gasteiger partial charge in [0.05, 0.1) is 19.6 Å². The Kier molecular flexibility index (Phi) is 4.62. The molecule has 1 aromatic heterocycles. The summed E-state index contributed by atoms with van der Waals surface area (Å²) < 4.78 is 12.7. The molecule has 2 heterocycles. The molecule has 0 aliphatic carbocycles. The third kappa shape index (κ3) is 3.22. The summed E-state index contributed by atoms with van der Waals surface area (Å²) in [5, 5.41) is 3.11. The molecule has 2 aromatic rings. The number of aryl methyl sites for hydroxylation is 1. The number of para-hydroxylation sites is 1. The minimum atomic E-state index is -0.362. The number of rotatable bonds is 5. The summed E-state index contributed by atoms with van der Waals surface area (Å²) in [6.45, 7) is 1.12. The maximum atomic E-state index is 12.6. The van der Waals surface area contributed by atoms with Crippen LogP contribution in [0.5, 0.6) is 5.75 Å². The minimum Gasteiger partial charge on any atom is -0.496 e. The Hall–Kier alpha value is -2.34. The number of imidazole rings is 1. The zero-order valence-electron chi connectivity index (χ0n) is 13.4. The van der Waals surface area contributed by atoms with Gasteiger partial charge in [-0.3, -0.25) is 4.79 Å². The average molecular weight is 315 g/mol. The fourth-order valence-electron chi connectivity index (χ4n) is 2.84. The second-order valence-corrected chi connectivity index (χ2v) is 5.64. The number of aromatic nitrogens is 2. The molecule has 1 amide bonds. The molecule has 1 N–H and O–H groups in total. The van der Waals surface area contributed by atoms with Gasteiger partial charge in [-0.1, -0.05) is 18.2 Å². The first-order valence-corrected chi connectivity index (χ1v) is 7.69. The molecule has 1 aliphatic rings. The lowest BCUT2D eigenvalue weighted by Gasteiger charge is -2.22. The van der Waals surface area contributed by atoms with Crippen LogP contribution in [0.25, 0.3) is 0 Å². The van der Waals surface area contributed by atoms with Gasteiger partial charge >= 0.3 is 0 Å². The van der Waals surface area contributed by atoms with E-state index in [4.69, 9.17) is 9.47 Å². The van der Waals surface area contributed by atoms with Crippen LogP contribution in [0, 0.1) is 5.92 Å². The number of benzene rings is 1. The van der Waals surface area contributed by atoms with E-state index in [0.29, 0.717) is 13.2 Å². The monoisotopic (exact) mass is 315 g/mol. The zero-order chi connectivity index (χ0) is 16.2. The molecule has 1 aliphatic heterocycles. The van der Waals surface area contributed by atoms with Crippen molar-refractivity contribution in [3.05, 3.63) is 48.0 Å². The highest BCUT2D eigenvalue weighted by Gasteiger charge is 2.29. The standard InChI is InChI=1S/C17H21N3O3/c1-20-9-8-18-16(20)15(13-5-3-4-6-14(13)22-2)19-17(21)12-7-10-23-11-12/h3-6,8-9,12,15H,7,10-11H2,1-2H3,(H,19,21). The van der Waals surface area contributed by atoms with Gasteiger partial charge in [-0.05, 0) is 12.5 Å². The highest BCUT2D eigenvalue weighted by molar-refractivity contribution is 5.80. The van der Waals surface area contributed by atoms with Crippen LogP contribution in [0.3, 0.4) is 0 Å². The summed E-state index contributed by atoms with van der Waals surface area (Å²) in [6.07, 6.45) is 4.34. The van der Waals surface area contributed by atoms with Crippen molar-refractivity contribution < 1.29 is 14.3 Å². The smallest absolute Gasteiger partial charge is 0.226 e. The Labute approximate surface area is 135 Å². The number of hydrogen-bond donors (Lipinski definition) is 1. The van der Waals surface area contributed by atoms with E-state index < -0.39 is 0 Å². The highest BCUT2D eigenvalue weighted by Crippen LogP contribution is 2.29. The summed E-state index contributed by atoms with van der Waals surface area (Å²) >= 11 is 0. The molecule has 3 rings (SSSR count). The number of methoxy groups -OCH3 is 1. The summed E-state index contributed by atoms with van der Waals surface area (Å²) in [4.78, 5) is 17.0. The van der Waals surface area contributed by atoms with E-state index >= 15 is 0 Å². The maximum absolute atomic E-state index is 12.6. The van der Waals surface area contributed by atoms with Gasteiger partial charge < -0.3 is 19.4 Å². The van der Waals surface area contributed by atoms with Crippen molar-refractivity contribution >= 4 is 5.91 Å². The lowest BCUT2D eigenvalue weighted by Crippen LogP contribution is -2.36. The number of ether oxygens (including phenoxy) is 2. The normalized spacial score (nSPS) is 18.6. The van der Waals surface area contributed by atoms with E-state index in [0.717, 1.165) is 23.6 Å². The number of carbonyl (C=O) groups excluding carboxylic acids is 1. The number of nitrogens with zero attached hydrogens (tertiary/aromatic N) is 2. The Morgan fingerprint density at radius 3 is 2.96 bits per heavy atom. The molecule has 1 saturated heterocycles. The molecular formula is C17H21N3O3. The molecule has 2 unspecified atom stereocenters. The molecule has 6 heteroatoms. The molecule has 6 nitrogen and oxygen atoms in total. The number of carbonyl (C=O) groups is 1. The molecule has 0 saturated carbocycles. The molecule has 0 bridgehead atoms. The molecule has 0 spiro atoms. The maximum Gasteiger partial charge on any atom is 0.226 e. The number of amides is 1. The SMILES string of the molecule is COc1ccccc1C(NC(=O)C1CCOC1)c1nccn1C. The van der Waals surface area contributed by atoms with Gasteiger partial charge in [0.2, 0.25) is 5.91 Å². The quantitative estimate of drug-likeness (QED) is 0.911. The summed E-state index contributed by atoms with van der Waals surface area (Å²) in [5.74, 6) is 1.37. The Bertz CT molecular complexity index is 677. The van der Waals surface area contributed by atoms with E-state index in [2.05, 4.69) is 10.3 Å². The molecule has 2 atom stereocenters. The van der Waals surface area contributed by atoms with E-state index in [9.17, 15) is 4.79 Å². The number of hydrogen-bond acceptors (Lipinski definition) is 4. The van der Waals surface area contributed by atoms with E-state index in [1.165, 1.54) is 0 Å². The van der Waals surface area contributed by atoms with Crippen molar-refractivity contribution in [3.8, 4) is 5.75 Å². The topological polar surface area (TPSA) is 65.4 Å². The Morgan fingerprint density at radius 1 is 1.48 bits per heavy atom. The molecule has 23 heavy (non-hydrogen) atoms. The molecule has 0 radical (unpaired) electrons. The molecular weight excluding hydrogens is 294 g/mol. The molecule has 122 valence electrons. The summed E-state index contributed by atoms with van der Waals surface area (Å²) in [5.41, 5.74) is 0.886. The first-order valence-electron chi connectivity index (χ1n) is 7.69. The van der Waals surface area contributed by atoms with Crippen LogP contribution in [0.2, 0.25) is 0 Å². The van der Waals surface area contributed by atoms with Crippen molar-refractivity contribution in [1.82, 2.24) is 14.9 Å². The second kappa shape index (κ2) is 6.83. The van der Waals surface area contributed by atoms with Gasteiger partial charge in [0.15, 0.2) is 0 Å².